The molecule has 0 spiro atoms. The summed E-state index contributed by atoms with van der Waals surface area (Å²) < 4.78 is 0. The van der Waals surface area contributed by atoms with Gasteiger partial charge in [-0.25, -0.2) is 0 Å². The molecule has 0 rings (SSSR count). The summed E-state index contributed by atoms with van der Waals surface area (Å²) in [7, 11) is -8.67. The van der Waals surface area contributed by atoms with Crippen molar-refractivity contribution in [3.8, 4) is 0 Å². The third-order valence-corrected chi connectivity index (χ3v) is 0. The van der Waals surface area contributed by atoms with Crippen LogP contribution in [0.5, 0.6) is 0 Å². The lowest BCUT2D eigenvalue weighted by molar-refractivity contribution is 0.276. The second-order valence-electron chi connectivity index (χ2n) is 1.39. The molecule has 0 aliphatic rings. The molecular weight excluding hydrogens is 607 g/mol. The van der Waals surface area contributed by atoms with Gasteiger partial charge in [-0.1, -0.05) is 0 Å². The Kier molecular flexibility index (Phi) is 446. The van der Waals surface area contributed by atoms with Gasteiger partial charge in [-0.05, 0) is 0 Å². The quantitative estimate of drug-likeness (QED) is 0.0861. The first-order valence-corrected chi connectivity index (χ1v) is 3.10. The Balaban J connectivity index is -0.00000000429. The van der Waals surface area contributed by atoms with Gasteiger partial charge in [-0.2, -0.15) is 119 Å². The molecule has 0 aliphatic heterocycles. The van der Waals surface area contributed by atoms with Gasteiger partial charge in [0.2, 0.25) is 0 Å². The molecule has 0 bridgehead atoms. The number of rotatable bonds is 0. The highest BCUT2D eigenvalue weighted by molar-refractivity contribution is 6.93. The minimum Gasteiger partial charge on any atom is -0.402 e. The summed E-state index contributed by atoms with van der Waals surface area (Å²) in [6.07, 6.45) is 0. The van der Waals surface area contributed by atoms with E-state index in [-0.39, 0.29) is 119 Å². The lowest BCUT2D eigenvalue weighted by Gasteiger charge is -1.69. The van der Waals surface area contributed by atoms with Crippen LogP contribution in [0.4, 0.5) is 0 Å². The molecule has 12 atom stereocenters. The Morgan fingerprint density at radius 1 is 0.179 bits per heavy atom. The van der Waals surface area contributed by atoms with E-state index < -0.39 is 29.3 Å². The molecule has 0 aromatic rings. The normalized spacial score (nSPS) is 3.86. The monoisotopic (exact) mass is 656 g/mol. The molecule has 12 unspecified atom stereocenters. The first-order valence-electron chi connectivity index (χ1n) is 3.10. The fourth-order valence-corrected chi connectivity index (χ4v) is 0. The van der Waals surface area contributed by atoms with E-state index in [9.17, 15) is 0 Å². The maximum atomic E-state index is 7.17. The predicted molar refractivity (Wildman–Crippen MR) is 183 cm³/mol. The van der Waals surface area contributed by atoms with Gasteiger partial charge in [0.15, 0.2) is 0 Å². The zero-order chi connectivity index (χ0) is 14.3. The number of hydrogen-bond acceptors (Lipinski definition) is 12. The molecule has 0 radical (unpaired) electrons. The van der Waals surface area contributed by atoms with E-state index in [1.807, 2.05) is 0 Å². The van der Waals surface area contributed by atoms with E-state index >= 15 is 0 Å². The Morgan fingerprint density at radius 3 is 0.179 bits per heavy atom. The van der Waals surface area contributed by atoms with E-state index in [1.54, 1.807) is 0 Å². The van der Waals surface area contributed by atoms with E-state index in [4.69, 9.17) is 60.3 Å². The van der Waals surface area contributed by atoms with Crippen molar-refractivity contribution in [1.29, 1.82) is 0 Å². The van der Waals surface area contributed by atoms with Crippen LogP contribution in [0.25, 0.3) is 0 Å². The molecule has 0 saturated carbocycles. The molecule has 12 nitrogen and oxygen atoms in total. The summed E-state index contributed by atoms with van der Waals surface area (Å²) in [5.41, 5.74) is 0. The van der Waals surface area contributed by atoms with Gasteiger partial charge in [0, 0.05) is 0 Å². The Bertz CT molecular complexity index is 83.6. The van der Waals surface area contributed by atoms with Crippen LogP contribution in [0.15, 0.2) is 0 Å². The topological polar surface area (TPSA) is 243 Å². The molecular formula is H48B4O12P12. The smallest absolute Gasteiger partial charge is 0.402 e. The molecule has 192 valence electrons. The average Bonchev–Trinajstić information content (AvgIpc) is 1.76. The fraction of sp³-hybridized carbons (Fsp3) is 0. The van der Waals surface area contributed by atoms with Crippen molar-refractivity contribution >= 4 is 148 Å². The Labute approximate surface area is 208 Å². The first-order chi connectivity index (χ1) is 6.93. The lowest BCUT2D eigenvalue weighted by Crippen LogP contribution is -2.07. The standard InChI is InChI=1S/4BH3O3.12H3P/c4*2-1(3)4;;;;;;;;;;;;/h4*2-4H;12*1H3. The molecule has 0 aromatic carbocycles. The molecule has 0 saturated heterocycles. The molecule has 28 heavy (non-hydrogen) atoms. The highest BCUT2D eigenvalue weighted by Gasteiger charge is 1.93. The van der Waals surface area contributed by atoms with Crippen LogP contribution >= 0.6 is 119 Å². The van der Waals surface area contributed by atoms with Gasteiger partial charge in [0.25, 0.3) is 0 Å². The summed E-state index contributed by atoms with van der Waals surface area (Å²) >= 11 is 0. The molecule has 0 aliphatic carbocycles. The van der Waals surface area contributed by atoms with Crippen molar-refractivity contribution < 1.29 is 60.3 Å². The zero-order valence-corrected chi connectivity index (χ0v) is 33.1. The predicted octanol–water partition coefficient (Wildman–Crippen LogP) is -7.51. The second kappa shape index (κ2) is 107. The van der Waals surface area contributed by atoms with Crippen molar-refractivity contribution in [3.63, 3.8) is 0 Å². The summed E-state index contributed by atoms with van der Waals surface area (Å²) in [5, 5.41) is 86.0. The van der Waals surface area contributed by atoms with Gasteiger partial charge in [-0.15, -0.1) is 0 Å². The molecule has 28 heteroatoms. The van der Waals surface area contributed by atoms with Crippen molar-refractivity contribution in [2.45, 2.75) is 0 Å². The van der Waals surface area contributed by atoms with Gasteiger partial charge in [0.1, 0.15) is 0 Å². The van der Waals surface area contributed by atoms with E-state index in [2.05, 4.69) is 0 Å². The maximum absolute atomic E-state index is 7.17. The van der Waals surface area contributed by atoms with Crippen LogP contribution in [-0.4, -0.2) is 89.6 Å². The number of hydrogen-bond donors (Lipinski definition) is 12. The molecule has 0 aromatic heterocycles. The van der Waals surface area contributed by atoms with Crippen molar-refractivity contribution in [3.05, 3.63) is 0 Å². The lowest BCUT2D eigenvalue weighted by atomic mass is 10.3. The van der Waals surface area contributed by atoms with Crippen molar-refractivity contribution in [2.75, 3.05) is 0 Å². The first kappa shape index (κ1) is 117. The van der Waals surface area contributed by atoms with Gasteiger partial charge < -0.3 is 60.3 Å². The Hall–Kier alpha value is 4.94. The summed E-state index contributed by atoms with van der Waals surface area (Å²) in [6, 6.07) is 0. The van der Waals surface area contributed by atoms with Crippen LogP contribution in [0.1, 0.15) is 0 Å². The van der Waals surface area contributed by atoms with Gasteiger partial charge in [-0.3, -0.25) is 0 Å². The SMILES string of the molecule is OB(O)O.OB(O)O.OB(O)O.OB(O)O.P.P.P.P.P.P.P.P.P.P.P.P. The largest absolute Gasteiger partial charge is 0.631 e. The zero-order valence-electron chi connectivity index (χ0n) is 16.2. The minimum atomic E-state index is -2.17. The van der Waals surface area contributed by atoms with Crippen LogP contribution in [-0.2, 0) is 0 Å². The van der Waals surface area contributed by atoms with E-state index in [1.165, 1.54) is 0 Å². The maximum Gasteiger partial charge on any atom is 0.631 e. The highest BCUT2D eigenvalue weighted by Crippen LogP contribution is 1.41. The summed E-state index contributed by atoms with van der Waals surface area (Å²) in [6.45, 7) is 0. The van der Waals surface area contributed by atoms with Crippen LogP contribution in [0.3, 0.4) is 0 Å². The van der Waals surface area contributed by atoms with E-state index in [0.717, 1.165) is 0 Å². The second-order valence-corrected chi connectivity index (χ2v) is 1.39. The van der Waals surface area contributed by atoms with Crippen molar-refractivity contribution in [2.24, 2.45) is 0 Å². The van der Waals surface area contributed by atoms with Crippen molar-refractivity contribution in [1.82, 2.24) is 0 Å². The summed E-state index contributed by atoms with van der Waals surface area (Å²) in [4.78, 5) is 0. The van der Waals surface area contributed by atoms with Gasteiger partial charge >= 0.3 is 29.3 Å². The Morgan fingerprint density at radius 2 is 0.179 bits per heavy atom. The van der Waals surface area contributed by atoms with Crippen LogP contribution in [0.2, 0.25) is 0 Å². The molecule has 12 N–H and O–H groups in total. The summed E-state index contributed by atoms with van der Waals surface area (Å²) in [5.74, 6) is 0. The van der Waals surface area contributed by atoms with Crippen LogP contribution in [0, 0.1) is 0 Å². The third-order valence-electron chi connectivity index (χ3n) is 0. The average molecular weight is 655 g/mol. The highest BCUT2D eigenvalue weighted by atomic mass is 31.0. The van der Waals surface area contributed by atoms with Crippen LogP contribution < -0.4 is 0 Å². The fourth-order valence-electron chi connectivity index (χ4n) is 0. The molecule has 0 amide bonds. The van der Waals surface area contributed by atoms with E-state index in [0.29, 0.717) is 0 Å². The van der Waals surface area contributed by atoms with Gasteiger partial charge in [0.05, 0.1) is 0 Å². The third kappa shape index (κ3) is 1140. The molecule has 0 fully saturated rings. The molecule has 0 heterocycles. The minimum absolute atomic E-state index is 0.